The minimum absolute atomic E-state index is 0.629. The van der Waals surface area contributed by atoms with E-state index >= 15 is 0 Å². The molecule has 0 aromatic heterocycles. The summed E-state index contributed by atoms with van der Waals surface area (Å²) in [6.07, 6.45) is 2.70. The molecule has 0 radical (unpaired) electrons. The second-order valence-corrected chi connectivity index (χ2v) is 3.56. The van der Waals surface area contributed by atoms with Gasteiger partial charge < -0.3 is 4.74 Å². The summed E-state index contributed by atoms with van der Waals surface area (Å²) in [6, 6.07) is 8.19. The van der Waals surface area contributed by atoms with Gasteiger partial charge in [0.05, 0.1) is 13.2 Å². The van der Waals surface area contributed by atoms with Crippen LogP contribution in [0.5, 0.6) is 0 Å². The molecule has 13 heavy (non-hydrogen) atoms. The van der Waals surface area contributed by atoms with Crippen molar-refractivity contribution in [3.63, 3.8) is 0 Å². The molecule has 0 amide bonds. The van der Waals surface area contributed by atoms with Crippen LogP contribution in [-0.2, 0) is 11.2 Å². The predicted molar refractivity (Wildman–Crippen MR) is 58.9 cm³/mol. The number of benzene rings is 1. The van der Waals surface area contributed by atoms with E-state index in [1.807, 2.05) is 18.2 Å². The lowest BCUT2D eigenvalue weighted by molar-refractivity contribution is 0.166. The second kappa shape index (κ2) is 5.95. The molecule has 0 heterocycles. The van der Waals surface area contributed by atoms with E-state index < -0.39 is 0 Å². The van der Waals surface area contributed by atoms with Crippen LogP contribution in [0.3, 0.4) is 0 Å². The molecule has 0 aliphatic heterocycles. The molecule has 1 aromatic rings. The van der Waals surface area contributed by atoms with E-state index in [2.05, 4.69) is 28.6 Å². The molecule has 0 aliphatic carbocycles. The van der Waals surface area contributed by atoms with Gasteiger partial charge in [-0.15, -0.1) is 6.58 Å². The Morgan fingerprint density at radius 2 is 2.15 bits per heavy atom. The van der Waals surface area contributed by atoms with Crippen LogP contribution in [0.1, 0.15) is 5.56 Å². The summed E-state index contributed by atoms with van der Waals surface area (Å²) in [5, 5.41) is 0. The Kier molecular flexibility index (Phi) is 4.79. The third kappa shape index (κ3) is 3.75. The molecule has 0 fully saturated rings. The predicted octanol–water partition coefficient (Wildman–Crippen LogP) is 3.19. The molecule has 0 spiro atoms. The Hall–Kier alpha value is -0.600. The molecule has 0 bridgehead atoms. The average molecular weight is 241 g/mol. The molecular weight excluding hydrogens is 228 g/mol. The molecule has 1 rings (SSSR count). The molecule has 0 atom stereocenters. The van der Waals surface area contributed by atoms with Crippen LogP contribution < -0.4 is 0 Å². The van der Waals surface area contributed by atoms with Gasteiger partial charge in [0, 0.05) is 4.47 Å². The fourth-order valence-electron chi connectivity index (χ4n) is 1.05. The van der Waals surface area contributed by atoms with Crippen molar-refractivity contribution in [1.82, 2.24) is 0 Å². The van der Waals surface area contributed by atoms with Gasteiger partial charge in [0.25, 0.3) is 0 Å². The summed E-state index contributed by atoms with van der Waals surface area (Å²) in [5.74, 6) is 0. The summed E-state index contributed by atoms with van der Waals surface area (Å²) in [4.78, 5) is 0. The van der Waals surface area contributed by atoms with Crippen LogP contribution >= 0.6 is 15.9 Å². The highest BCUT2D eigenvalue weighted by Gasteiger charge is 1.96. The normalized spacial score (nSPS) is 9.92. The van der Waals surface area contributed by atoms with Crippen LogP contribution in [0.25, 0.3) is 0 Å². The number of hydrogen-bond donors (Lipinski definition) is 0. The average Bonchev–Trinajstić information content (AvgIpc) is 2.15. The van der Waals surface area contributed by atoms with Crippen LogP contribution in [0, 0.1) is 0 Å². The summed E-state index contributed by atoms with van der Waals surface area (Å²) >= 11 is 3.49. The number of rotatable bonds is 5. The Morgan fingerprint density at radius 3 is 2.85 bits per heavy atom. The maximum atomic E-state index is 5.30. The van der Waals surface area contributed by atoms with E-state index in [-0.39, 0.29) is 0 Å². The molecule has 0 unspecified atom stereocenters. The van der Waals surface area contributed by atoms with E-state index in [1.165, 1.54) is 5.56 Å². The minimum Gasteiger partial charge on any atom is -0.377 e. The summed E-state index contributed by atoms with van der Waals surface area (Å²) < 4.78 is 6.45. The standard InChI is InChI=1S/C11H13BrO/c1-2-8-13-9-7-10-5-3-4-6-11(10)12/h2-6H,1,7-9H2. The fraction of sp³-hybridized carbons (Fsp3) is 0.273. The van der Waals surface area contributed by atoms with E-state index in [1.54, 1.807) is 6.08 Å². The Balaban J connectivity index is 2.36. The summed E-state index contributed by atoms with van der Waals surface area (Å²) in [6.45, 7) is 4.96. The van der Waals surface area contributed by atoms with E-state index in [9.17, 15) is 0 Å². The fourth-order valence-corrected chi connectivity index (χ4v) is 1.53. The largest absolute Gasteiger partial charge is 0.377 e. The monoisotopic (exact) mass is 240 g/mol. The first-order chi connectivity index (χ1) is 6.34. The second-order valence-electron chi connectivity index (χ2n) is 2.70. The molecule has 1 aromatic carbocycles. The molecule has 2 heteroatoms. The SMILES string of the molecule is C=CCOCCc1ccccc1Br. The Morgan fingerprint density at radius 1 is 1.38 bits per heavy atom. The first-order valence-corrected chi connectivity index (χ1v) is 5.06. The minimum atomic E-state index is 0.629. The Labute approximate surface area is 87.5 Å². The highest BCUT2D eigenvalue weighted by atomic mass is 79.9. The van der Waals surface area contributed by atoms with Crippen molar-refractivity contribution in [2.24, 2.45) is 0 Å². The first kappa shape index (κ1) is 10.5. The van der Waals surface area contributed by atoms with E-state index in [0.29, 0.717) is 6.61 Å². The molecule has 1 nitrogen and oxygen atoms in total. The van der Waals surface area contributed by atoms with Crippen molar-refractivity contribution in [2.75, 3.05) is 13.2 Å². The summed E-state index contributed by atoms with van der Waals surface area (Å²) in [5.41, 5.74) is 1.28. The van der Waals surface area contributed by atoms with E-state index in [4.69, 9.17) is 4.74 Å². The highest BCUT2D eigenvalue weighted by molar-refractivity contribution is 9.10. The lowest BCUT2D eigenvalue weighted by atomic mass is 10.2. The quantitative estimate of drug-likeness (QED) is 0.568. The van der Waals surface area contributed by atoms with Gasteiger partial charge in [0.1, 0.15) is 0 Å². The first-order valence-electron chi connectivity index (χ1n) is 4.26. The number of halogens is 1. The van der Waals surface area contributed by atoms with Gasteiger partial charge in [-0.3, -0.25) is 0 Å². The topological polar surface area (TPSA) is 9.23 Å². The van der Waals surface area contributed by atoms with Crippen molar-refractivity contribution in [1.29, 1.82) is 0 Å². The van der Waals surface area contributed by atoms with Gasteiger partial charge in [-0.1, -0.05) is 40.2 Å². The van der Waals surface area contributed by atoms with Crippen LogP contribution in [0.4, 0.5) is 0 Å². The highest BCUT2D eigenvalue weighted by Crippen LogP contribution is 2.15. The zero-order valence-electron chi connectivity index (χ0n) is 7.50. The van der Waals surface area contributed by atoms with Crippen molar-refractivity contribution in [2.45, 2.75) is 6.42 Å². The van der Waals surface area contributed by atoms with Gasteiger partial charge in [0.15, 0.2) is 0 Å². The van der Waals surface area contributed by atoms with Gasteiger partial charge in [-0.2, -0.15) is 0 Å². The lowest BCUT2D eigenvalue weighted by Crippen LogP contribution is -1.98. The van der Waals surface area contributed by atoms with Gasteiger partial charge in [-0.25, -0.2) is 0 Å². The number of hydrogen-bond acceptors (Lipinski definition) is 1. The van der Waals surface area contributed by atoms with Gasteiger partial charge in [0.2, 0.25) is 0 Å². The molecule has 0 saturated heterocycles. The van der Waals surface area contributed by atoms with Crippen LogP contribution in [-0.4, -0.2) is 13.2 Å². The van der Waals surface area contributed by atoms with Gasteiger partial charge in [-0.05, 0) is 18.1 Å². The summed E-state index contributed by atoms with van der Waals surface area (Å²) in [7, 11) is 0. The molecule has 70 valence electrons. The third-order valence-electron chi connectivity index (χ3n) is 1.71. The number of ether oxygens (including phenoxy) is 1. The Bertz CT molecular complexity index is 271. The molecule has 0 N–H and O–H groups in total. The van der Waals surface area contributed by atoms with Crippen LogP contribution in [0.2, 0.25) is 0 Å². The van der Waals surface area contributed by atoms with Crippen molar-refractivity contribution >= 4 is 15.9 Å². The van der Waals surface area contributed by atoms with Crippen molar-refractivity contribution < 1.29 is 4.74 Å². The van der Waals surface area contributed by atoms with Gasteiger partial charge >= 0.3 is 0 Å². The maximum absolute atomic E-state index is 5.30. The molecule has 0 aliphatic rings. The zero-order chi connectivity index (χ0) is 9.52. The maximum Gasteiger partial charge on any atom is 0.0644 e. The lowest BCUT2D eigenvalue weighted by Gasteiger charge is -2.03. The van der Waals surface area contributed by atoms with Crippen molar-refractivity contribution in [3.8, 4) is 0 Å². The zero-order valence-corrected chi connectivity index (χ0v) is 9.09. The van der Waals surface area contributed by atoms with Crippen molar-refractivity contribution in [3.05, 3.63) is 47.0 Å². The van der Waals surface area contributed by atoms with E-state index in [0.717, 1.165) is 17.5 Å². The molecular formula is C11H13BrO. The van der Waals surface area contributed by atoms with Crippen LogP contribution in [0.15, 0.2) is 41.4 Å². The third-order valence-corrected chi connectivity index (χ3v) is 2.48. The smallest absolute Gasteiger partial charge is 0.0644 e. The molecule has 0 saturated carbocycles.